The third kappa shape index (κ3) is 5.02. The molecule has 3 rings (SSSR count). The number of para-hydroxylation sites is 1. The van der Waals surface area contributed by atoms with Crippen LogP contribution >= 0.6 is 22.9 Å². The molecule has 150 valence electrons. The Morgan fingerprint density at radius 1 is 1.21 bits per heavy atom. The number of halogens is 1. The van der Waals surface area contributed by atoms with Crippen LogP contribution in [0.4, 0.5) is 10.8 Å². The molecule has 2 heterocycles. The molecule has 0 unspecified atom stereocenters. The standard InChI is InChI=1S/C20H25ClN4O2S/c1-14-19(15(2)26)28-20(23-14)22-9-5-8-18(27)25-12-10-24(11-13-25)17-7-4-3-6-16(17)21/h3-4,6-7H,5,8-13H2,1-2H3,(H,22,23). The fourth-order valence-electron chi connectivity index (χ4n) is 3.30. The number of nitrogens with one attached hydrogen (secondary N) is 1. The lowest BCUT2D eigenvalue weighted by atomic mass is 10.2. The van der Waals surface area contributed by atoms with Crippen LogP contribution in [-0.2, 0) is 4.79 Å². The van der Waals surface area contributed by atoms with Crippen LogP contribution in [0.25, 0.3) is 0 Å². The number of anilines is 2. The van der Waals surface area contributed by atoms with Crippen LogP contribution < -0.4 is 10.2 Å². The van der Waals surface area contributed by atoms with Crippen molar-refractivity contribution >= 4 is 45.4 Å². The molecule has 0 atom stereocenters. The lowest BCUT2D eigenvalue weighted by Gasteiger charge is -2.36. The summed E-state index contributed by atoms with van der Waals surface area (Å²) in [7, 11) is 0. The second-order valence-corrected chi connectivity index (χ2v) is 8.25. The average Bonchev–Trinajstić information content (AvgIpc) is 3.06. The average molecular weight is 421 g/mol. The molecule has 8 heteroatoms. The van der Waals surface area contributed by atoms with Crippen molar-refractivity contribution in [3.05, 3.63) is 39.9 Å². The Hall–Kier alpha value is -2.12. The molecule has 0 radical (unpaired) electrons. The first-order valence-electron chi connectivity index (χ1n) is 9.45. The number of hydrogen-bond donors (Lipinski definition) is 1. The highest BCUT2D eigenvalue weighted by Gasteiger charge is 2.22. The van der Waals surface area contributed by atoms with E-state index in [1.165, 1.54) is 11.3 Å². The first kappa shape index (κ1) is 20.6. The van der Waals surface area contributed by atoms with E-state index >= 15 is 0 Å². The van der Waals surface area contributed by atoms with Gasteiger partial charge < -0.3 is 15.1 Å². The van der Waals surface area contributed by atoms with E-state index in [1.54, 1.807) is 6.92 Å². The number of piperazine rings is 1. The van der Waals surface area contributed by atoms with Gasteiger partial charge in [-0.15, -0.1) is 0 Å². The SMILES string of the molecule is CC(=O)c1sc(NCCCC(=O)N2CCN(c3ccccc3Cl)CC2)nc1C. The van der Waals surface area contributed by atoms with Gasteiger partial charge in [0.05, 0.1) is 21.3 Å². The van der Waals surface area contributed by atoms with Crippen molar-refractivity contribution in [2.75, 3.05) is 42.9 Å². The highest BCUT2D eigenvalue weighted by Crippen LogP contribution is 2.26. The summed E-state index contributed by atoms with van der Waals surface area (Å²) in [6, 6.07) is 7.82. The van der Waals surface area contributed by atoms with Gasteiger partial charge in [-0.25, -0.2) is 4.98 Å². The van der Waals surface area contributed by atoms with Gasteiger partial charge in [0, 0.05) is 46.1 Å². The van der Waals surface area contributed by atoms with E-state index in [2.05, 4.69) is 15.2 Å². The molecule has 1 aliphatic heterocycles. The Morgan fingerprint density at radius 3 is 2.57 bits per heavy atom. The van der Waals surface area contributed by atoms with Crippen LogP contribution in [-0.4, -0.2) is 54.3 Å². The van der Waals surface area contributed by atoms with E-state index in [9.17, 15) is 9.59 Å². The summed E-state index contributed by atoms with van der Waals surface area (Å²) in [6.07, 6.45) is 1.24. The Kier molecular flexibility index (Phi) is 6.91. The van der Waals surface area contributed by atoms with Crippen LogP contribution in [0.15, 0.2) is 24.3 Å². The van der Waals surface area contributed by atoms with Crippen molar-refractivity contribution in [3.63, 3.8) is 0 Å². The van der Waals surface area contributed by atoms with Crippen molar-refractivity contribution in [2.45, 2.75) is 26.7 Å². The molecule has 1 aromatic carbocycles. The van der Waals surface area contributed by atoms with Crippen molar-refractivity contribution in [3.8, 4) is 0 Å². The summed E-state index contributed by atoms with van der Waals surface area (Å²) >= 11 is 7.64. The molecule has 1 aromatic heterocycles. The van der Waals surface area contributed by atoms with E-state index in [0.29, 0.717) is 30.9 Å². The number of amides is 1. The van der Waals surface area contributed by atoms with Crippen LogP contribution in [0.2, 0.25) is 5.02 Å². The minimum atomic E-state index is 0.0363. The molecule has 0 bridgehead atoms. The van der Waals surface area contributed by atoms with E-state index in [1.807, 2.05) is 36.1 Å². The van der Waals surface area contributed by atoms with Crippen LogP contribution in [0.5, 0.6) is 0 Å². The number of nitrogens with zero attached hydrogens (tertiary/aromatic N) is 3. The normalized spacial score (nSPS) is 14.2. The lowest BCUT2D eigenvalue weighted by Crippen LogP contribution is -2.48. The second-order valence-electron chi connectivity index (χ2n) is 6.84. The van der Waals surface area contributed by atoms with Crippen LogP contribution in [0.3, 0.4) is 0 Å². The van der Waals surface area contributed by atoms with Gasteiger partial charge in [-0.2, -0.15) is 0 Å². The summed E-state index contributed by atoms with van der Waals surface area (Å²) < 4.78 is 0. The van der Waals surface area contributed by atoms with Gasteiger partial charge in [-0.1, -0.05) is 35.1 Å². The molecule has 6 nitrogen and oxygen atoms in total. The van der Waals surface area contributed by atoms with Crippen molar-refractivity contribution in [1.82, 2.24) is 9.88 Å². The first-order valence-corrected chi connectivity index (χ1v) is 10.6. The minimum Gasteiger partial charge on any atom is -0.367 e. The molecular formula is C20H25ClN4O2S. The zero-order chi connectivity index (χ0) is 20.1. The smallest absolute Gasteiger partial charge is 0.222 e. The Labute approximate surface area is 174 Å². The predicted molar refractivity (Wildman–Crippen MR) is 115 cm³/mol. The number of aromatic nitrogens is 1. The van der Waals surface area contributed by atoms with Gasteiger partial charge in [0.2, 0.25) is 5.91 Å². The second kappa shape index (κ2) is 9.39. The molecular weight excluding hydrogens is 396 g/mol. The molecule has 1 N–H and O–H groups in total. The summed E-state index contributed by atoms with van der Waals surface area (Å²) in [5, 5.41) is 4.70. The number of ketones is 1. The fourth-order valence-corrected chi connectivity index (χ4v) is 4.44. The maximum absolute atomic E-state index is 12.5. The number of hydrogen-bond acceptors (Lipinski definition) is 6. The number of aryl methyl sites for hydroxylation is 1. The largest absolute Gasteiger partial charge is 0.367 e. The third-order valence-corrected chi connectivity index (χ3v) is 6.32. The molecule has 1 amide bonds. The van der Waals surface area contributed by atoms with Gasteiger partial charge in [-0.3, -0.25) is 9.59 Å². The maximum atomic E-state index is 12.5. The number of carbonyl (C=O) groups excluding carboxylic acids is 2. The van der Waals surface area contributed by atoms with E-state index in [4.69, 9.17) is 11.6 Å². The van der Waals surface area contributed by atoms with Crippen molar-refractivity contribution < 1.29 is 9.59 Å². The Balaban J connectivity index is 1.40. The highest BCUT2D eigenvalue weighted by molar-refractivity contribution is 7.17. The lowest BCUT2D eigenvalue weighted by molar-refractivity contribution is -0.131. The highest BCUT2D eigenvalue weighted by atomic mass is 35.5. The number of Topliss-reactive ketones (excluding diaryl/α,β-unsaturated/α-hetero) is 1. The predicted octanol–water partition coefficient (Wildman–Crippen LogP) is 3.85. The molecule has 2 aromatic rings. The van der Waals surface area contributed by atoms with Crippen molar-refractivity contribution in [2.24, 2.45) is 0 Å². The fraction of sp³-hybridized carbons (Fsp3) is 0.450. The quantitative estimate of drug-likeness (QED) is 0.544. The third-order valence-electron chi connectivity index (χ3n) is 4.79. The zero-order valence-corrected chi connectivity index (χ0v) is 17.8. The molecule has 0 aliphatic carbocycles. The maximum Gasteiger partial charge on any atom is 0.222 e. The summed E-state index contributed by atoms with van der Waals surface area (Å²) in [5.41, 5.74) is 1.79. The van der Waals surface area contributed by atoms with Gasteiger partial charge in [0.25, 0.3) is 0 Å². The summed E-state index contributed by atoms with van der Waals surface area (Å²) in [4.78, 5) is 33.2. The molecule has 0 saturated carbocycles. The van der Waals surface area contributed by atoms with Gasteiger partial charge in [0.1, 0.15) is 0 Å². The molecule has 1 saturated heterocycles. The molecule has 0 spiro atoms. The van der Waals surface area contributed by atoms with Crippen molar-refractivity contribution in [1.29, 1.82) is 0 Å². The number of rotatable bonds is 7. The van der Waals surface area contributed by atoms with E-state index < -0.39 is 0 Å². The Bertz CT molecular complexity index is 846. The van der Waals surface area contributed by atoms with E-state index in [0.717, 1.165) is 41.0 Å². The Morgan fingerprint density at radius 2 is 1.93 bits per heavy atom. The molecule has 1 fully saturated rings. The van der Waals surface area contributed by atoms with E-state index in [-0.39, 0.29) is 11.7 Å². The number of benzene rings is 1. The summed E-state index contributed by atoms with van der Waals surface area (Å²) in [6.45, 7) is 7.06. The monoisotopic (exact) mass is 420 g/mol. The minimum absolute atomic E-state index is 0.0363. The van der Waals surface area contributed by atoms with Crippen LogP contribution in [0, 0.1) is 6.92 Å². The molecule has 28 heavy (non-hydrogen) atoms. The van der Waals surface area contributed by atoms with Gasteiger partial charge in [0.15, 0.2) is 10.9 Å². The topological polar surface area (TPSA) is 65.5 Å². The number of thiazole rings is 1. The summed E-state index contributed by atoms with van der Waals surface area (Å²) in [5.74, 6) is 0.217. The van der Waals surface area contributed by atoms with Crippen LogP contribution in [0.1, 0.15) is 35.1 Å². The van der Waals surface area contributed by atoms with Gasteiger partial charge >= 0.3 is 0 Å². The zero-order valence-electron chi connectivity index (χ0n) is 16.2. The molecule has 1 aliphatic rings. The first-order chi connectivity index (χ1) is 13.5. The van der Waals surface area contributed by atoms with Gasteiger partial charge in [-0.05, 0) is 25.5 Å². The number of carbonyl (C=O) groups is 2.